The molecule has 0 saturated heterocycles. The normalized spacial score (nSPS) is 10.2. The third-order valence-corrected chi connectivity index (χ3v) is 3.34. The summed E-state index contributed by atoms with van der Waals surface area (Å²) < 4.78 is 0.739. The molecule has 0 atom stereocenters. The first-order valence-corrected chi connectivity index (χ1v) is 6.84. The smallest absolute Gasteiger partial charge is 0.259 e. The Morgan fingerprint density at radius 3 is 2.40 bits per heavy atom. The molecule has 2 aromatic carbocycles. The van der Waals surface area contributed by atoms with Crippen LogP contribution in [-0.4, -0.2) is 25.1 Å². The summed E-state index contributed by atoms with van der Waals surface area (Å²) >= 11 is 3.28. The van der Waals surface area contributed by atoms with Gasteiger partial charge >= 0.3 is 0 Å². The Bertz CT molecular complexity index is 624. The zero-order chi connectivity index (χ0) is 14.7. The molecular formula is C15H15BrN2O2. The van der Waals surface area contributed by atoms with E-state index in [0.29, 0.717) is 5.69 Å². The van der Waals surface area contributed by atoms with E-state index in [9.17, 15) is 9.90 Å². The zero-order valence-electron chi connectivity index (χ0n) is 11.2. The average Bonchev–Trinajstić information content (AvgIpc) is 2.42. The molecule has 0 heterocycles. The number of rotatable bonds is 3. The zero-order valence-corrected chi connectivity index (χ0v) is 12.8. The third-order valence-electron chi connectivity index (χ3n) is 2.84. The Balaban J connectivity index is 2.17. The number of amides is 1. The molecule has 4 nitrogen and oxygen atoms in total. The first kappa shape index (κ1) is 14.4. The van der Waals surface area contributed by atoms with E-state index in [2.05, 4.69) is 21.2 Å². The summed E-state index contributed by atoms with van der Waals surface area (Å²) in [6.45, 7) is 0. The number of carbonyl (C=O) groups is 1. The number of aromatic hydroxyl groups is 1. The van der Waals surface area contributed by atoms with Gasteiger partial charge in [0.15, 0.2) is 0 Å². The summed E-state index contributed by atoms with van der Waals surface area (Å²) in [5, 5.41) is 12.5. The minimum Gasteiger partial charge on any atom is -0.507 e. The Kier molecular flexibility index (Phi) is 4.29. The first-order valence-electron chi connectivity index (χ1n) is 6.04. The second kappa shape index (κ2) is 5.96. The maximum atomic E-state index is 12.1. The van der Waals surface area contributed by atoms with Crippen LogP contribution in [0.25, 0.3) is 0 Å². The molecule has 2 N–H and O–H groups in total. The van der Waals surface area contributed by atoms with E-state index in [-0.39, 0.29) is 17.2 Å². The van der Waals surface area contributed by atoms with Gasteiger partial charge in [0.1, 0.15) is 5.75 Å². The summed E-state index contributed by atoms with van der Waals surface area (Å²) in [5.41, 5.74) is 1.96. The lowest BCUT2D eigenvalue weighted by atomic mass is 10.2. The van der Waals surface area contributed by atoms with Crippen LogP contribution in [0, 0.1) is 0 Å². The van der Waals surface area contributed by atoms with Crippen molar-refractivity contribution < 1.29 is 9.90 Å². The summed E-state index contributed by atoms with van der Waals surface area (Å²) in [6, 6.07) is 12.2. The molecule has 0 aliphatic heterocycles. The Morgan fingerprint density at radius 1 is 1.15 bits per heavy atom. The molecule has 0 saturated carbocycles. The van der Waals surface area contributed by atoms with Gasteiger partial charge in [-0.3, -0.25) is 4.79 Å². The second-order valence-electron chi connectivity index (χ2n) is 4.56. The molecule has 1 amide bonds. The van der Waals surface area contributed by atoms with Crippen molar-refractivity contribution in [1.82, 2.24) is 0 Å². The fraction of sp³-hybridized carbons (Fsp3) is 0.133. The van der Waals surface area contributed by atoms with Crippen molar-refractivity contribution in [2.24, 2.45) is 0 Å². The highest BCUT2D eigenvalue weighted by atomic mass is 79.9. The summed E-state index contributed by atoms with van der Waals surface area (Å²) in [5.74, 6) is -0.392. The van der Waals surface area contributed by atoms with Crippen LogP contribution in [0.3, 0.4) is 0 Å². The van der Waals surface area contributed by atoms with Gasteiger partial charge in [-0.25, -0.2) is 0 Å². The molecule has 0 aliphatic rings. The number of hydrogen-bond acceptors (Lipinski definition) is 3. The van der Waals surface area contributed by atoms with E-state index >= 15 is 0 Å². The summed E-state index contributed by atoms with van der Waals surface area (Å²) in [7, 11) is 3.90. The molecule has 0 fully saturated rings. The van der Waals surface area contributed by atoms with E-state index in [4.69, 9.17) is 0 Å². The number of phenols is 1. The topological polar surface area (TPSA) is 52.6 Å². The molecule has 0 unspecified atom stereocenters. The molecule has 2 rings (SSSR count). The van der Waals surface area contributed by atoms with Crippen LogP contribution >= 0.6 is 15.9 Å². The van der Waals surface area contributed by atoms with Crippen LogP contribution < -0.4 is 10.2 Å². The van der Waals surface area contributed by atoms with Gasteiger partial charge in [0.25, 0.3) is 5.91 Å². The van der Waals surface area contributed by atoms with Crippen molar-refractivity contribution in [2.75, 3.05) is 24.3 Å². The molecule has 0 aliphatic carbocycles. The van der Waals surface area contributed by atoms with Gasteiger partial charge in [-0.2, -0.15) is 0 Å². The van der Waals surface area contributed by atoms with Gasteiger partial charge in [-0.15, -0.1) is 0 Å². The van der Waals surface area contributed by atoms with Crippen LogP contribution in [0.1, 0.15) is 10.4 Å². The second-order valence-corrected chi connectivity index (χ2v) is 5.47. The van der Waals surface area contributed by atoms with Crippen LogP contribution in [0.5, 0.6) is 5.75 Å². The Labute approximate surface area is 126 Å². The van der Waals surface area contributed by atoms with Crippen molar-refractivity contribution in [2.45, 2.75) is 0 Å². The Morgan fingerprint density at radius 2 is 1.80 bits per heavy atom. The molecule has 2 aromatic rings. The van der Waals surface area contributed by atoms with Crippen LogP contribution in [0.4, 0.5) is 11.4 Å². The number of anilines is 2. The lowest BCUT2D eigenvalue weighted by molar-refractivity contribution is 0.102. The van der Waals surface area contributed by atoms with Crippen LogP contribution in [0.15, 0.2) is 46.9 Å². The number of hydrogen-bond donors (Lipinski definition) is 2. The summed E-state index contributed by atoms with van der Waals surface area (Å²) in [6.07, 6.45) is 0. The quantitative estimate of drug-likeness (QED) is 0.903. The van der Waals surface area contributed by atoms with Crippen LogP contribution in [0.2, 0.25) is 0 Å². The molecule has 0 aromatic heterocycles. The lowest BCUT2D eigenvalue weighted by Gasteiger charge is -2.13. The van der Waals surface area contributed by atoms with Crippen molar-refractivity contribution in [3.8, 4) is 5.75 Å². The fourth-order valence-electron chi connectivity index (χ4n) is 1.73. The van der Waals surface area contributed by atoms with E-state index in [0.717, 1.165) is 10.2 Å². The highest BCUT2D eigenvalue weighted by molar-refractivity contribution is 9.10. The average molecular weight is 335 g/mol. The molecule has 0 bridgehead atoms. The molecule has 20 heavy (non-hydrogen) atoms. The van der Waals surface area contributed by atoms with Crippen molar-refractivity contribution in [3.05, 3.63) is 52.5 Å². The van der Waals surface area contributed by atoms with Crippen molar-refractivity contribution >= 4 is 33.2 Å². The number of benzene rings is 2. The van der Waals surface area contributed by atoms with Gasteiger partial charge in [-0.05, 0) is 42.5 Å². The standard InChI is InChI=1S/C15H15BrN2O2/c1-18(2)12-6-4-11(5-7-12)17-15(20)13-9-10(16)3-8-14(13)19/h3-9,19H,1-2H3,(H,17,20). The minimum atomic E-state index is -0.346. The number of nitrogens with zero attached hydrogens (tertiary/aromatic N) is 1. The number of halogens is 1. The molecule has 104 valence electrons. The highest BCUT2D eigenvalue weighted by Crippen LogP contribution is 2.23. The summed E-state index contributed by atoms with van der Waals surface area (Å²) in [4.78, 5) is 14.1. The third kappa shape index (κ3) is 3.30. The van der Waals surface area contributed by atoms with Gasteiger partial charge in [0.05, 0.1) is 5.56 Å². The van der Waals surface area contributed by atoms with Crippen LogP contribution in [-0.2, 0) is 0 Å². The minimum absolute atomic E-state index is 0.0457. The largest absolute Gasteiger partial charge is 0.507 e. The van der Waals surface area contributed by atoms with Crippen molar-refractivity contribution in [3.63, 3.8) is 0 Å². The lowest BCUT2D eigenvalue weighted by Crippen LogP contribution is -2.13. The van der Waals surface area contributed by atoms with Crippen molar-refractivity contribution in [1.29, 1.82) is 0 Å². The highest BCUT2D eigenvalue weighted by Gasteiger charge is 2.11. The first-order chi connectivity index (χ1) is 9.47. The number of carbonyl (C=O) groups excluding carboxylic acids is 1. The molecule has 0 radical (unpaired) electrons. The maximum Gasteiger partial charge on any atom is 0.259 e. The predicted octanol–water partition coefficient (Wildman–Crippen LogP) is 3.47. The molecule has 5 heteroatoms. The number of phenolic OH excluding ortho intramolecular Hbond substituents is 1. The van der Waals surface area contributed by atoms with Gasteiger partial charge in [0, 0.05) is 29.9 Å². The monoisotopic (exact) mass is 334 g/mol. The van der Waals surface area contributed by atoms with E-state index in [1.54, 1.807) is 12.1 Å². The van der Waals surface area contributed by atoms with E-state index < -0.39 is 0 Å². The van der Waals surface area contributed by atoms with Gasteiger partial charge in [-0.1, -0.05) is 15.9 Å². The van der Waals surface area contributed by atoms with Gasteiger partial charge in [0.2, 0.25) is 0 Å². The Hall–Kier alpha value is -2.01. The maximum absolute atomic E-state index is 12.1. The van der Waals surface area contributed by atoms with E-state index in [1.807, 2.05) is 43.3 Å². The molecule has 0 spiro atoms. The molecular weight excluding hydrogens is 320 g/mol. The van der Waals surface area contributed by atoms with Gasteiger partial charge < -0.3 is 15.3 Å². The predicted molar refractivity (Wildman–Crippen MR) is 84.5 cm³/mol. The van der Waals surface area contributed by atoms with E-state index in [1.165, 1.54) is 6.07 Å². The fourth-order valence-corrected chi connectivity index (χ4v) is 2.09. The number of nitrogens with one attached hydrogen (secondary N) is 1. The SMILES string of the molecule is CN(C)c1ccc(NC(=O)c2cc(Br)ccc2O)cc1.